The fourth-order valence-corrected chi connectivity index (χ4v) is 2.90. The maximum atomic E-state index is 12.3. The summed E-state index contributed by atoms with van der Waals surface area (Å²) in [6, 6.07) is 21.2. The number of halogens is 1. The van der Waals surface area contributed by atoms with E-state index in [0.717, 1.165) is 11.3 Å². The second-order valence-corrected chi connectivity index (χ2v) is 7.55. The predicted molar refractivity (Wildman–Crippen MR) is 126 cm³/mol. The Hall–Kier alpha value is -3.64. The van der Waals surface area contributed by atoms with Gasteiger partial charge in [0.05, 0.1) is 5.71 Å². The Bertz CT molecular complexity index is 1090. The van der Waals surface area contributed by atoms with Crippen LogP contribution in [-0.2, 0) is 0 Å². The third-order valence-electron chi connectivity index (χ3n) is 4.64. The third-order valence-corrected chi connectivity index (χ3v) is 4.89. The van der Waals surface area contributed by atoms with E-state index < -0.39 is 0 Å². The number of amides is 2. The maximum Gasteiger partial charge on any atom is 0.271 e. The number of hydrogen-bond acceptors (Lipinski definition) is 4. The van der Waals surface area contributed by atoms with Crippen molar-refractivity contribution < 1.29 is 9.59 Å². The number of rotatable bonds is 6. The molecule has 0 unspecified atom stereocenters. The largest absolute Gasteiger partial charge is 0.378 e. The molecule has 2 amide bonds. The van der Waals surface area contributed by atoms with Crippen molar-refractivity contribution in [1.29, 1.82) is 0 Å². The second-order valence-electron chi connectivity index (χ2n) is 7.12. The summed E-state index contributed by atoms with van der Waals surface area (Å²) in [5.74, 6) is -0.501. The number of carbonyl (C=O) groups is 2. The topological polar surface area (TPSA) is 73.8 Å². The van der Waals surface area contributed by atoms with Gasteiger partial charge in [0.1, 0.15) is 0 Å². The normalized spacial score (nSPS) is 11.0. The second kappa shape index (κ2) is 9.91. The summed E-state index contributed by atoms with van der Waals surface area (Å²) >= 11 is 5.85. The minimum Gasteiger partial charge on any atom is -0.378 e. The van der Waals surface area contributed by atoms with Gasteiger partial charge in [-0.1, -0.05) is 23.7 Å². The van der Waals surface area contributed by atoms with Crippen LogP contribution >= 0.6 is 11.6 Å². The first-order valence-corrected chi connectivity index (χ1v) is 10.0. The van der Waals surface area contributed by atoms with Crippen molar-refractivity contribution in [3.05, 3.63) is 94.5 Å². The predicted octanol–water partition coefficient (Wildman–Crippen LogP) is 4.81. The van der Waals surface area contributed by atoms with Crippen LogP contribution in [0.15, 0.2) is 77.9 Å². The summed E-state index contributed by atoms with van der Waals surface area (Å²) in [5.41, 5.74) is 6.77. The smallest absolute Gasteiger partial charge is 0.271 e. The van der Waals surface area contributed by atoms with Gasteiger partial charge >= 0.3 is 0 Å². The zero-order chi connectivity index (χ0) is 22.4. The number of hydrazone groups is 1. The summed E-state index contributed by atoms with van der Waals surface area (Å²) in [5, 5.41) is 7.59. The Balaban J connectivity index is 1.60. The van der Waals surface area contributed by atoms with Gasteiger partial charge < -0.3 is 10.2 Å². The first kappa shape index (κ1) is 22.1. The molecule has 0 radical (unpaired) electrons. The van der Waals surface area contributed by atoms with Gasteiger partial charge in [0.2, 0.25) is 0 Å². The summed E-state index contributed by atoms with van der Waals surface area (Å²) in [7, 11) is 3.88. The number of anilines is 2. The Morgan fingerprint density at radius 3 is 1.87 bits per heavy atom. The van der Waals surface area contributed by atoms with Gasteiger partial charge in [0.25, 0.3) is 11.8 Å². The van der Waals surface area contributed by atoms with Gasteiger partial charge in [-0.05, 0) is 73.2 Å². The summed E-state index contributed by atoms with van der Waals surface area (Å²) in [4.78, 5) is 26.6. The van der Waals surface area contributed by atoms with Crippen molar-refractivity contribution in [3.8, 4) is 0 Å². The molecule has 3 rings (SSSR count). The van der Waals surface area contributed by atoms with Crippen molar-refractivity contribution in [2.75, 3.05) is 24.3 Å². The van der Waals surface area contributed by atoms with Crippen LogP contribution in [-0.4, -0.2) is 31.6 Å². The van der Waals surface area contributed by atoms with Crippen molar-refractivity contribution in [3.63, 3.8) is 0 Å². The Kier molecular flexibility index (Phi) is 7.05. The molecule has 0 aliphatic heterocycles. The Morgan fingerprint density at radius 2 is 1.29 bits per heavy atom. The molecule has 0 saturated carbocycles. The van der Waals surface area contributed by atoms with Gasteiger partial charge in [-0.15, -0.1) is 0 Å². The Labute approximate surface area is 186 Å². The van der Waals surface area contributed by atoms with Crippen LogP contribution in [0.2, 0.25) is 5.02 Å². The molecule has 158 valence electrons. The van der Waals surface area contributed by atoms with E-state index in [1.54, 1.807) is 55.5 Å². The van der Waals surface area contributed by atoms with Gasteiger partial charge in [-0.25, -0.2) is 5.43 Å². The molecule has 0 aliphatic carbocycles. The lowest BCUT2D eigenvalue weighted by Gasteiger charge is -2.12. The molecule has 3 aromatic rings. The number of nitrogens with one attached hydrogen (secondary N) is 2. The lowest BCUT2D eigenvalue weighted by atomic mass is 10.1. The zero-order valence-electron chi connectivity index (χ0n) is 17.5. The van der Waals surface area contributed by atoms with Crippen molar-refractivity contribution in [2.45, 2.75) is 6.92 Å². The number of carbonyl (C=O) groups excluding carboxylic acids is 2. The highest BCUT2D eigenvalue weighted by molar-refractivity contribution is 6.30. The van der Waals surface area contributed by atoms with Crippen LogP contribution in [0.25, 0.3) is 0 Å². The minimum absolute atomic E-state index is 0.220. The molecule has 0 bridgehead atoms. The standard InChI is InChI=1S/C24H23ClN4O2/c1-16(27-28-24(31)19-8-14-22(15-9-19)29(2)3)17-6-12-21(13-7-17)26-23(30)18-4-10-20(25)11-5-18/h4-15H,1-3H3,(H,26,30)(H,28,31)/b27-16-. The van der Waals surface area contributed by atoms with Gasteiger partial charge in [-0.3, -0.25) is 9.59 Å². The highest BCUT2D eigenvalue weighted by Crippen LogP contribution is 2.15. The van der Waals surface area contributed by atoms with Crippen LogP contribution in [0, 0.1) is 0 Å². The molecule has 7 heteroatoms. The van der Waals surface area contributed by atoms with Crippen LogP contribution in [0.3, 0.4) is 0 Å². The maximum absolute atomic E-state index is 12.3. The number of benzene rings is 3. The molecule has 0 atom stereocenters. The van der Waals surface area contributed by atoms with E-state index in [1.807, 2.05) is 43.3 Å². The summed E-state index contributed by atoms with van der Waals surface area (Å²) in [6.07, 6.45) is 0. The molecular formula is C24H23ClN4O2. The molecule has 0 spiro atoms. The van der Waals surface area contributed by atoms with Gasteiger partial charge in [0.15, 0.2) is 0 Å². The van der Waals surface area contributed by atoms with Crippen LogP contribution in [0.4, 0.5) is 11.4 Å². The van der Waals surface area contributed by atoms with Crippen LogP contribution in [0.1, 0.15) is 33.2 Å². The monoisotopic (exact) mass is 434 g/mol. The van der Waals surface area contributed by atoms with Gasteiger partial charge in [0, 0.05) is 41.6 Å². The molecule has 3 aromatic carbocycles. The molecule has 2 N–H and O–H groups in total. The van der Waals surface area contributed by atoms with E-state index in [1.165, 1.54) is 0 Å². The molecule has 0 heterocycles. The van der Waals surface area contributed by atoms with E-state index in [-0.39, 0.29) is 11.8 Å². The quantitative estimate of drug-likeness (QED) is 0.431. The van der Waals surface area contributed by atoms with E-state index in [2.05, 4.69) is 15.8 Å². The fraction of sp³-hybridized carbons (Fsp3) is 0.125. The molecular weight excluding hydrogens is 412 g/mol. The third kappa shape index (κ3) is 5.93. The number of nitrogens with zero attached hydrogens (tertiary/aromatic N) is 2. The van der Waals surface area contributed by atoms with Crippen molar-refractivity contribution in [2.24, 2.45) is 5.10 Å². The van der Waals surface area contributed by atoms with Gasteiger partial charge in [-0.2, -0.15) is 5.10 Å². The first-order valence-electron chi connectivity index (χ1n) is 9.63. The highest BCUT2D eigenvalue weighted by atomic mass is 35.5. The first-order chi connectivity index (χ1) is 14.8. The number of hydrogen-bond donors (Lipinski definition) is 2. The average molecular weight is 435 g/mol. The zero-order valence-corrected chi connectivity index (χ0v) is 18.3. The average Bonchev–Trinajstić information content (AvgIpc) is 2.78. The van der Waals surface area contributed by atoms with Crippen LogP contribution in [0.5, 0.6) is 0 Å². The SMILES string of the molecule is C/C(=N/NC(=O)c1ccc(N(C)C)cc1)c1ccc(NC(=O)c2ccc(Cl)cc2)cc1. The van der Waals surface area contributed by atoms with Crippen molar-refractivity contribution in [1.82, 2.24) is 5.43 Å². The van der Waals surface area contributed by atoms with E-state index in [9.17, 15) is 9.59 Å². The lowest BCUT2D eigenvalue weighted by Crippen LogP contribution is -2.19. The van der Waals surface area contributed by atoms with Crippen molar-refractivity contribution >= 4 is 40.5 Å². The molecule has 31 heavy (non-hydrogen) atoms. The molecule has 6 nitrogen and oxygen atoms in total. The lowest BCUT2D eigenvalue weighted by molar-refractivity contribution is 0.0954. The van der Waals surface area contributed by atoms with E-state index in [0.29, 0.717) is 27.5 Å². The molecule has 0 aliphatic rings. The fourth-order valence-electron chi connectivity index (χ4n) is 2.77. The molecule has 0 aromatic heterocycles. The molecule has 0 saturated heterocycles. The summed E-state index contributed by atoms with van der Waals surface area (Å²) in [6.45, 7) is 1.80. The Morgan fingerprint density at radius 1 is 0.774 bits per heavy atom. The van der Waals surface area contributed by atoms with E-state index >= 15 is 0 Å². The highest BCUT2D eigenvalue weighted by Gasteiger charge is 2.08. The van der Waals surface area contributed by atoms with Crippen LogP contribution < -0.4 is 15.6 Å². The van der Waals surface area contributed by atoms with E-state index in [4.69, 9.17) is 11.6 Å². The summed E-state index contributed by atoms with van der Waals surface area (Å²) < 4.78 is 0. The minimum atomic E-state index is -0.281. The molecule has 0 fully saturated rings.